The highest BCUT2D eigenvalue weighted by molar-refractivity contribution is 6.12. The van der Waals surface area contributed by atoms with E-state index in [0.717, 1.165) is 11.7 Å². The molecule has 6 aromatic rings. The Morgan fingerprint density at radius 2 is 0.654 bits per heavy atom. The van der Waals surface area contributed by atoms with Crippen molar-refractivity contribution in [2.75, 3.05) is 9.80 Å². The highest BCUT2D eigenvalue weighted by Crippen LogP contribution is 2.45. The largest absolute Gasteiger partial charge is 0.322 e. The molecule has 4 heteroatoms. The summed E-state index contributed by atoms with van der Waals surface area (Å²) in [6.07, 6.45) is 0. The quantitative estimate of drug-likeness (QED) is 0.181. The fourth-order valence-corrected chi connectivity index (χ4v) is 8.71. The molecule has 262 valence electrons. The van der Waals surface area contributed by atoms with E-state index >= 15 is 0 Å². The minimum absolute atomic E-state index is 0.120. The Balaban J connectivity index is 1.16. The van der Waals surface area contributed by atoms with Gasteiger partial charge in [0.25, 0.3) is 0 Å². The zero-order valence-corrected chi connectivity index (χ0v) is 32.3. The number of benzene rings is 6. The summed E-state index contributed by atoms with van der Waals surface area (Å²) in [5, 5.41) is 5.02. The van der Waals surface area contributed by atoms with E-state index in [1.54, 1.807) is 0 Å². The van der Waals surface area contributed by atoms with Crippen LogP contribution in [0.3, 0.4) is 0 Å². The third kappa shape index (κ3) is 5.02. The lowest BCUT2D eigenvalue weighted by Gasteiger charge is -2.41. The summed E-state index contributed by atoms with van der Waals surface area (Å²) >= 11 is 0. The van der Waals surface area contributed by atoms with Gasteiger partial charge in [0.05, 0.1) is 22.2 Å². The van der Waals surface area contributed by atoms with Gasteiger partial charge in [-0.25, -0.2) is 0 Å². The predicted molar refractivity (Wildman–Crippen MR) is 225 cm³/mol. The molecular formula is C48H50N4. The molecule has 8 rings (SSSR count). The number of amidine groups is 2. The monoisotopic (exact) mass is 682 g/mol. The lowest BCUT2D eigenvalue weighted by atomic mass is 9.83. The molecule has 0 unspecified atom stereocenters. The van der Waals surface area contributed by atoms with Crippen LogP contribution in [0.5, 0.6) is 0 Å². The van der Waals surface area contributed by atoms with Gasteiger partial charge in [-0.15, -0.1) is 0 Å². The third-order valence-electron chi connectivity index (χ3n) is 12.7. The van der Waals surface area contributed by atoms with Crippen LogP contribution in [0.15, 0.2) is 131 Å². The van der Waals surface area contributed by atoms with Gasteiger partial charge in [0.15, 0.2) is 0 Å². The van der Waals surface area contributed by atoms with Crippen molar-refractivity contribution in [2.45, 2.75) is 91.4 Å². The molecule has 0 bridgehead atoms. The van der Waals surface area contributed by atoms with Crippen LogP contribution in [0.4, 0.5) is 11.4 Å². The van der Waals surface area contributed by atoms with E-state index in [9.17, 15) is 0 Å². The Labute approximate surface area is 309 Å². The van der Waals surface area contributed by atoms with Crippen LogP contribution in [-0.2, 0) is 0 Å². The number of anilines is 2. The van der Waals surface area contributed by atoms with E-state index in [-0.39, 0.29) is 22.2 Å². The van der Waals surface area contributed by atoms with Crippen LogP contribution in [0.1, 0.15) is 69.2 Å². The average molecular weight is 683 g/mol. The van der Waals surface area contributed by atoms with Crippen LogP contribution in [-0.4, -0.2) is 33.8 Å². The Hall–Kier alpha value is -5.22. The molecule has 2 aliphatic rings. The third-order valence-corrected chi connectivity index (χ3v) is 12.7. The van der Waals surface area contributed by atoms with Crippen molar-refractivity contribution < 1.29 is 0 Å². The van der Waals surface area contributed by atoms with Crippen molar-refractivity contribution in [2.24, 2.45) is 9.98 Å². The van der Waals surface area contributed by atoms with E-state index < -0.39 is 0 Å². The van der Waals surface area contributed by atoms with Crippen molar-refractivity contribution >= 4 is 44.6 Å². The van der Waals surface area contributed by atoms with Gasteiger partial charge in [0.2, 0.25) is 0 Å². The zero-order chi connectivity index (χ0) is 36.8. The van der Waals surface area contributed by atoms with Gasteiger partial charge in [-0.2, -0.15) is 0 Å². The maximum atomic E-state index is 5.00. The van der Waals surface area contributed by atoms with E-state index in [4.69, 9.17) is 9.98 Å². The molecule has 0 aliphatic carbocycles. The van der Waals surface area contributed by atoms with Gasteiger partial charge in [0.1, 0.15) is 11.7 Å². The zero-order valence-electron chi connectivity index (χ0n) is 32.3. The molecule has 0 N–H and O–H groups in total. The lowest BCUT2D eigenvalue weighted by Crippen LogP contribution is -2.52. The smallest absolute Gasteiger partial charge is 0.102 e. The fourth-order valence-electron chi connectivity index (χ4n) is 8.71. The van der Waals surface area contributed by atoms with Crippen LogP contribution in [0, 0.1) is 0 Å². The van der Waals surface area contributed by atoms with Gasteiger partial charge >= 0.3 is 0 Å². The number of fused-ring (bicyclic) bond motifs is 2. The molecule has 2 aliphatic heterocycles. The van der Waals surface area contributed by atoms with E-state index in [0.29, 0.717) is 0 Å². The van der Waals surface area contributed by atoms with Crippen molar-refractivity contribution in [3.63, 3.8) is 0 Å². The number of rotatable bonds is 5. The second-order valence-corrected chi connectivity index (χ2v) is 16.7. The van der Waals surface area contributed by atoms with Crippen molar-refractivity contribution in [3.8, 4) is 33.4 Å². The van der Waals surface area contributed by atoms with Crippen LogP contribution in [0.2, 0.25) is 0 Å². The molecule has 0 spiro atoms. The van der Waals surface area contributed by atoms with Crippen molar-refractivity contribution in [3.05, 3.63) is 121 Å². The molecule has 0 saturated carbocycles. The fraction of sp³-hybridized carbons (Fsp3) is 0.292. The molecule has 0 amide bonds. The standard InChI is InChI=1S/C48H50N4/c1-31-49-45(3,4)47(7,8)51(31)35-23-19-33(20-24-35)37-27-29-43(41-17-13-11-15-39(37)41)44-30-28-38(40-16-12-14-18-42(40)44)34-21-25-36(26-22-34)52-32(2)50-46(5,6)48(52,9)10/h11-30H,1-10H3. The second-order valence-electron chi connectivity index (χ2n) is 16.7. The highest BCUT2D eigenvalue weighted by atomic mass is 15.3. The minimum Gasteiger partial charge on any atom is -0.322 e. The van der Waals surface area contributed by atoms with Gasteiger partial charge in [-0.05, 0) is 148 Å². The molecule has 0 atom stereocenters. The highest BCUT2D eigenvalue weighted by Gasteiger charge is 2.49. The summed E-state index contributed by atoms with van der Waals surface area (Å²) in [4.78, 5) is 14.8. The maximum absolute atomic E-state index is 5.00. The Kier molecular flexibility index (Phi) is 7.59. The first-order chi connectivity index (χ1) is 24.6. The Morgan fingerprint density at radius 1 is 0.365 bits per heavy atom. The van der Waals surface area contributed by atoms with Gasteiger partial charge in [0, 0.05) is 11.4 Å². The Bertz CT molecular complexity index is 2250. The molecule has 0 aromatic heterocycles. The van der Waals surface area contributed by atoms with E-state index in [1.807, 2.05) is 0 Å². The summed E-state index contributed by atoms with van der Waals surface area (Å²) in [5.74, 6) is 2.13. The topological polar surface area (TPSA) is 31.2 Å². The first-order valence-corrected chi connectivity index (χ1v) is 18.6. The molecule has 0 radical (unpaired) electrons. The number of hydrogen-bond acceptors (Lipinski definition) is 4. The van der Waals surface area contributed by atoms with E-state index in [2.05, 4.69) is 200 Å². The lowest BCUT2D eigenvalue weighted by molar-refractivity contribution is 0.338. The molecule has 52 heavy (non-hydrogen) atoms. The van der Waals surface area contributed by atoms with Crippen LogP contribution >= 0.6 is 0 Å². The SMILES string of the molecule is CC1=NC(C)(C)C(C)(C)N1c1ccc(-c2ccc(-c3ccc(-c4ccc(N5C(C)=NC(C)(C)C5(C)C)cc4)c4ccccc34)c3ccccc23)cc1. The summed E-state index contributed by atoms with van der Waals surface area (Å²) in [6.45, 7) is 22.3. The van der Waals surface area contributed by atoms with Crippen LogP contribution in [0.25, 0.3) is 54.9 Å². The van der Waals surface area contributed by atoms with Crippen molar-refractivity contribution in [1.29, 1.82) is 0 Å². The molecule has 0 fully saturated rings. The normalized spacial score (nSPS) is 18.6. The Morgan fingerprint density at radius 3 is 0.942 bits per heavy atom. The van der Waals surface area contributed by atoms with Gasteiger partial charge < -0.3 is 9.80 Å². The molecule has 2 heterocycles. The predicted octanol–water partition coefficient (Wildman–Crippen LogP) is 12.6. The summed E-state index contributed by atoms with van der Waals surface area (Å²) in [5.41, 5.74) is 9.19. The minimum atomic E-state index is -0.161. The molecular weight excluding hydrogens is 633 g/mol. The molecule has 0 saturated heterocycles. The first kappa shape index (κ1) is 33.9. The molecule has 4 nitrogen and oxygen atoms in total. The summed E-state index contributed by atoms with van der Waals surface area (Å²) in [7, 11) is 0. The second kappa shape index (κ2) is 11.6. The van der Waals surface area contributed by atoms with Gasteiger partial charge in [-0.3, -0.25) is 9.98 Å². The van der Waals surface area contributed by atoms with Crippen LogP contribution < -0.4 is 9.80 Å². The van der Waals surface area contributed by atoms with E-state index in [1.165, 1.54) is 66.3 Å². The average Bonchev–Trinajstić information content (AvgIpc) is 3.38. The number of hydrogen-bond donors (Lipinski definition) is 0. The number of nitrogens with zero attached hydrogens (tertiary/aromatic N) is 4. The summed E-state index contributed by atoms with van der Waals surface area (Å²) in [6, 6.07) is 45.0. The van der Waals surface area contributed by atoms with Crippen molar-refractivity contribution in [1.82, 2.24) is 0 Å². The maximum Gasteiger partial charge on any atom is 0.102 e. The van der Waals surface area contributed by atoms with Gasteiger partial charge in [-0.1, -0.05) is 97.1 Å². The number of aliphatic imine (C=N–C) groups is 2. The molecule has 6 aromatic carbocycles. The summed E-state index contributed by atoms with van der Waals surface area (Å²) < 4.78 is 0. The first-order valence-electron chi connectivity index (χ1n) is 18.6.